The van der Waals surface area contributed by atoms with E-state index >= 15 is 0 Å². The molecule has 0 spiro atoms. The second-order valence-electron chi connectivity index (χ2n) is 6.78. The lowest BCUT2D eigenvalue weighted by Crippen LogP contribution is -2.15. The van der Waals surface area contributed by atoms with Gasteiger partial charge < -0.3 is 10.6 Å². The second-order valence-corrected chi connectivity index (χ2v) is 7.67. The molecule has 25 heavy (non-hydrogen) atoms. The van der Waals surface area contributed by atoms with E-state index in [4.69, 9.17) is 0 Å². The minimum atomic E-state index is -0.0998. The Morgan fingerprint density at radius 2 is 1.56 bits per heavy atom. The molecule has 2 amide bonds. The molecule has 0 aliphatic carbocycles. The number of amides is 2. The molecule has 1 aromatic heterocycles. The lowest BCUT2D eigenvalue weighted by atomic mass is 10.1. The molecule has 0 saturated carbocycles. The molecule has 2 N–H and O–H groups in total. The maximum absolute atomic E-state index is 12.1. The summed E-state index contributed by atoms with van der Waals surface area (Å²) in [5.41, 5.74) is 2.22. The maximum Gasteiger partial charge on any atom is 0.230 e. The van der Waals surface area contributed by atoms with Gasteiger partial charge in [0.1, 0.15) is 0 Å². The molecule has 0 saturated heterocycles. The Kier molecular flexibility index (Phi) is 6.70. The summed E-state index contributed by atoms with van der Waals surface area (Å²) in [5, 5.41) is 8.68. The van der Waals surface area contributed by atoms with Crippen LogP contribution in [0, 0.1) is 5.92 Å². The van der Waals surface area contributed by atoms with Crippen molar-refractivity contribution in [1.29, 1.82) is 0 Å². The highest BCUT2D eigenvalue weighted by Gasteiger charge is 2.10. The quantitative estimate of drug-likeness (QED) is 0.768. The molecular weight excluding hydrogens is 334 g/mol. The topological polar surface area (TPSA) is 71.1 Å². The first-order chi connectivity index (χ1) is 11.8. The summed E-state index contributed by atoms with van der Waals surface area (Å²) in [5.74, 6) is 0.592. The van der Waals surface area contributed by atoms with E-state index in [1.165, 1.54) is 0 Å². The van der Waals surface area contributed by atoms with Crippen molar-refractivity contribution in [1.82, 2.24) is 4.98 Å². The normalized spacial score (nSPS) is 11.0. The molecule has 5 nitrogen and oxygen atoms in total. The molecule has 1 aromatic carbocycles. The van der Waals surface area contributed by atoms with Crippen LogP contribution in [0.4, 0.5) is 11.4 Å². The van der Waals surface area contributed by atoms with Crippen LogP contribution in [0.15, 0.2) is 29.6 Å². The molecule has 2 aromatic rings. The predicted octanol–water partition coefficient (Wildman–Crippen LogP) is 4.43. The molecule has 134 valence electrons. The Morgan fingerprint density at radius 1 is 1.00 bits per heavy atom. The number of aromatic nitrogens is 1. The minimum absolute atomic E-state index is 0.00345. The van der Waals surface area contributed by atoms with Gasteiger partial charge in [-0.3, -0.25) is 9.59 Å². The summed E-state index contributed by atoms with van der Waals surface area (Å²) in [6.07, 6.45) is 0.751. The molecule has 0 unspecified atom stereocenters. The fourth-order valence-electron chi connectivity index (χ4n) is 2.26. The molecule has 0 aliphatic heterocycles. The summed E-state index contributed by atoms with van der Waals surface area (Å²) < 4.78 is 0. The van der Waals surface area contributed by atoms with Crippen molar-refractivity contribution in [2.24, 2.45) is 5.92 Å². The van der Waals surface area contributed by atoms with Gasteiger partial charge in [-0.15, -0.1) is 11.3 Å². The molecule has 0 atom stereocenters. The fraction of sp³-hybridized carbons (Fsp3) is 0.421. The number of hydrogen-bond donors (Lipinski definition) is 2. The average Bonchev–Trinajstić information content (AvgIpc) is 2.97. The van der Waals surface area contributed by atoms with Gasteiger partial charge in [0.05, 0.1) is 17.1 Å². The zero-order chi connectivity index (χ0) is 18.4. The first-order valence-electron chi connectivity index (χ1n) is 8.47. The van der Waals surface area contributed by atoms with E-state index in [2.05, 4.69) is 29.5 Å². The van der Waals surface area contributed by atoms with Gasteiger partial charge in [-0.2, -0.15) is 0 Å². The fourth-order valence-corrected chi connectivity index (χ4v) is 3.09. The number of rotatable bonds is 7. The summed E-state index contributed by atoms with van der Waals surface area (Å²) >= 11 is 1.59. The zero-order valence-electron chi connectivity index (χ0n) is 15.1. The van der Waals surface area contributed by atoms with Gasteiger partial charge in [0.15, 0.2) is 0 Å². The molecular formula is C19H25N3O2S. The van der Waals surface area contributed by atoms with Crippen LogP contribution >= 0.6 is 11.3 Å². The summed E-state index contributed by atoms with van der Waals surface area (Å²) in [6.45, 7) is 8.18. The van der Waals surface area contributed by atoms with E-state index in [9.17, 15) is 9.59 Å². The summed E-state index contributed by atoms with van der Waals surface area (Å²) in [6, 6.07) is 7.13. The monoisotopic (exact) mass is 359 g/mol. The van der Waals surface area contributed by atoms with Crippen molar-refractivity contribution < 1.29 is 9.59 Å². The molecule has 6 heteroatoms. The first-order valence-corrected chi connectivity index (χ1v) is 9.35. The molecule has 0 aliphatic rings. The van der Waals surface area contributed by atoms with Crippen LogP contribution in [0.2, 0.25) is 0 Å². The van der Waals surface area contributed by atoms with Gasteiger partial charge in [0.2, 0.25) is 11.8 Å². The standard InChI is InChI=1S/C19H25N3O2S/c1-12(2)9-17(23)20-14-5-7-15(8-6-14)21-18(24)10-16-11-25-19(22-16)13(3)4/h5-8,11-13H,9-10H2,1-4H3,(H,20,23)(H,21,24). The highest BCUT2D eigenvalue weighted by Crippen LogP contribution is 2.20. The van der Waals surface area contributed by atoms with E-state index in [0.29, 0.717) is 23.9 Å². The number of hydrogen-bond acceptors (Lipinski definition) is 4. The van der Waals surface area contributed by atoms with Crippen molar-refractivity contribution in [2.75, 3.05) is 10.6 Å². The third kappa shape index (κ3) is 6.31. The van der Waals surface area contributed by atoms with E-state index in [1.807, 2.05) is 19.2 Å². The lowest BCUT2D eigenvalue weighted by Gasteiger charge is -2.09. The maximum atomic E-state index is 12.1. The van der Waals surface area contributed by atoms with Crippen molar-refractivity contribution in [3.05, 3.63) is 40.3 Å². The number of nitrogens with one attached hydrogen (secondary N) is 2. The minimum Gasteiger partial charge on any atom is -0.326 e. The highest BCUT2D eigenvalue weighted by atomic mass is 32.1. The Balaban J connectivity index is 1.87. The van der Waals surface area contributed by atoms with Crippen LogP contribution in [-0.4, -0.2) is 16.8 Å². The van der Waals surface area contributed by atoms with Gasteiger partial charge in [-0.25, -0.2) is 4.98 Å². The van der Waals surface area contributed by atoms with Gasteiger partial charge in [0, 0.05) is 29.1 Å². The molecule has 2 rings (SSSR count). The van der Waals surface area contributed by atoms with Crippen molar-refractivity contribution in [3.63, 3.8) is 0 Å². The molecule has 1 heterocycles. The van der Waals surface area contributed by atoms with Crippen LogP contribution in [0.25, 0.3) is 0 Å². The Hall–Kier alpha value is -2.21. The van der Waals surface area contributed by atoms with Gasteiger partial charge in [-0.1, -0.05) is 27.7 Å². The smallest absolute Gasteiger partial charge is 0.230 e. The van der Waals surface area contributed by atoms with Crippen LogP contribution in [-0.2, 0) is 16.0 Å². The third-order valence-electron chi connectivity index (χ3n) is 3.45. The Bertz CT molecular complexity index is 721. The number of carbonyl (C=O) groups excluding carboxylic acids is 2. The van der Waals surface area contributed by atoms with E-state index in [-0.39, 0.29) is 18.2 Å². The summed E-state index contributed by atoms with van der Waals surface area (Å²) in [4.78, 5) is 28.4. The second kappa shape index (κ2) is 8.76. The van der Waals surface area contributed by atoms with Crippen molar-refractivity contribution >= 4 is 34.5 Å². The SMILES string of the molecule is CC(C)CC(=O)Nc1ccc(NC(=O)Cc2csc(C(C)C)n2)cc1. The Labute approximate surface area is 152 Å². The largest absolute Gasteiger partial charge is 0.326 e. The van der Waals surface area contributed by atoms with Crippen molar-refractivity contribution in [3.8, 4) is 0 Å². The summed E-state index contributed by atoms with van der Waals surface area (Å²) in [7, 11) is 0. The highest BCUT2D eigenvalue weighted by molar-refractivity contribution is 7.09. The molecule has 0 bridgehead atoms. The van der Waals surface area contributed by atoms with E-state index in [1.54, 1.807) is 35.6 Å². The van der Waals surface area contributed by atoms with Gasteiger partial charge in [0.25, 0.3) is 0 Å². The predicted molar refractivity (Wildman–Crippen MR) is 103 cm³/mol. The van der Waals surface area contributed by atoms with Crippen LogP contribution in [0.1, 0.15) is 50.7 Å². The Morgan fingerprint density at radius 3 is 2.04 bits per heavy atom. The van der Waals surface area contributed by atoms with Crippen molar-refractivity contribution in [2.45, 2.75) is 46.5 Å². The lowest BCUT2D eigenvalue weighted by molar-refractivity contribution is -0.117. The molecule has 0 fully saturated rings. The van der Waals surface area contributed by atoms with Gasteiger partial charge >= 0.3 is 0 Å². The number of nitrogens with zero attached hydrogens (tertiary/aromatic N) is 1. The van der Waals surface area contributed by atoms with Crippen LogP contribution in [0.3, 0.4) is 0 Å². The molecule has 0 radical (unpaired) electrons. The van der Waals surface area contributed by atoms with E-state index < -0.39 is 0 Å². The number of benzene rings is 1. The van der Waals surface area contributed by atoms with E-state index in [0.717, 1.165) is 16.4 Å². The third-order valence-corrected chi connectivity index (χ3v) is 4.65. The van der Waals surface area contributed by atoms with Gasteiger partial charge in [-0.05, 0) is 30.2 Å². The number of anilines is 2. The average molecular weight is 359 g/mol. The van der Waals surface area contributed by atoms with Crippen LogP contribution < -0.4 is 10.6 Å². The number of thiazole rings is 1. The number of carbonyl (C=O) groups is 2. The van der Waals surface area contributed by atoms with Crippen LogP contribution in [0.5, 0.6) is 0 Å². The zero-order valence-corrected chi connectivity index (χ0v) is 15.9. The first kappa shape index (κ1) is 19.1.